The lowest BCUT2D eigenvalue weighted by Crippen LogP contribution is -2.52. The van der Waals surface area contributed by atoms with Crippen LogP contribution in [0.3, 0.4) is 0 Å². The van der Waals surface area contributed by atoms with Crippen LogP contribution in [0, 0.1) is 40.4 Å². The molecular formula is C21H36. The normalized spacial score (nSPS) is 56.4. The molecule has 0 N–H and O–H groups in total. The lowest BCUT2D eigenvalue weighted by Gasteiger charge is -2.60. The summed E-state index contributed by atoms with van der Waals surface area (Å²) >= 11 is 0. The first-order chi connectivity index (χ1) is 10.1. The molecule has 0 aliphatic heterocycles. The summed E-state index contributed by atoms with van der Waals surface area (Å²) in [6, 6.07) is 0. The van der Waals surface area contributed by atoms with E-state index in [0.29, 0.717) is 5.41 Å². The van der Waals surface area contributed by atoms with Crippen LogP contribution >= 0.6 is 0 Å². The van der Waals surface area contributed by atoms with E-state index < -0.39 is 0 Å². The Labute approximate surface area is 132 Å². The van der Waals surface area contributed by atoms with Crippen molar-refractivity contribution in [2.45, 2.75) is 91.4 Å². The van der Waals surface area contributed by atoms with Crippen molar-refractivity contribution < 1.29 is 0 Å². The van der Waals surface area contributed by atoms with Gasteiger partial charge in [-0.15, -0.1) is 0 Å². The van der Waals surface area contributed by atoms with E-state index in [1.54, 1.807) is 51.4 Å². The van der Waals surface area contributed by atoms with Gasteiger partial charge in [0, 0.05) is 0 Å². The summed E-state index contributed by atoms with van der Waals surface area (Å²) in [5.41, 5.74) is 1.45. The SMILES string of the molecule is CC[C@H]1CCC2C3CC[C@@H]4CCCC[C@]4(C)C3CC[C@@]21C. The molecule has 4 aliphatic carbocycles. The molecule has 7 atom stereocenters. The first kappa shape index (κ1) is 14.6. The molecule has 0 heteroatoms. The summed E-state index contributed by atoms with van der Waals surface area (Å²) in [6.07, 6.45) is 17.0. The van der Waals surface area contributed by atoms with E-state index in [1.807, 2.05) is 0 Å². The van der Waals surface area contributed by atoms with E-state index in [0.717, 1.165) is 35.0 Å². The Morgan fingerprint density at radius 3 is 2.38 bits per heavy atom. The molecule has 0 aromatic carbocycles. The minimum Gasteiger partial charge on any atom is -0.0651 e. The van der Waals surface area contributed by atoms with E-state index in [1.165, 1.54) is 19.3 Å². The molecule has 3 unspecified atom stereocenters. The molecule has 0 saturated heterocycles. The molecule has 0 heterocycles. The highest BCUT2D eigenvalue weighted by Gasteiger charge is 2.59. The van der Waals surface area contributed by atoms with Crippen molar-refractivity contribution in [1.29, 1.82) is 0 Å². The molecular weight excluding hydrogens is 252 g/mol. The van der Waals surface area contributed by atoms with Gasteiger partial charge in [0.25, 0.3) is 0 Å². The van der Waals surface area contributed by atoms with E-state index in [9.17, 15) is 0 Å². The Morgan fingerprint density at radius 2 is 1.57 bits per heavy atom. The minimum atomic E-state index is 0.716. The molecule has 0 radical (unpaired) electrons. The summed E-state index contributed by atoms with van der Waals surface area (Å²) in [7, 11) is 0. The van der Waals surface area contributed by atoms with E-state index >= 15 is 0 Å². The second-order valence-electron chi connectivity index (χ2n) is 9.63. The van der Waals surface area contributed by atoms with Gasteiger partial charge in [0.1, 0.15) is 0 Å². The van der Waals surface area contributed by atoms with Crippen LogP contribution in [0.25, 0.3) is 0 Å². The van der Waals surface area contributed by atoms with Crippen LogP contribution < -0.4 is 0 Å². The summed E-state index contributed by atoms with van der Waals surface area (Å²) < 4.78 is 0. The maximum absolute atomic E-state index is 2.71. The predicted octanol–water partition coefficient (Wildman–Crippen LogP) is 6.45. The van der Waals surface area contributed by atoms with Gasteiger partial charge in [0.05, 0.1) is 0 Å². The average Bonchev–Trinajstić information content (AvgIpc) is 2.83. The molecule has 120 valence electrons. The van der Waals surface area contributed by atoms with Crippen molar-refractivity contribution >= 4 is 0 Å². The molecule has 0 aromatic rings. The smallest absolute Gasteiger partial charge is 0.0266 e. The highest BCUT2D eigenvalue weighted by Crippen LogP contribution is 2.67. The third kappa shape index (κ3) is 1.93. The fourth-order valence-electron chi connectivity index (χ4n) is 8.07. The van der Waals surface area contributed by atoms with Gasteiger partial charge in [-0.2, -0.15) is 0 Å². The number of hydrogen-bond donors (Lipinski definition) is 0. The molecule has 0 amide bonds. The zero-order valence-corrected chi connectivity index (χ0v) is 14.7. The number of rotatable bonds is 1. The van der Waals surface area contributed by atoms with Gasteiger partial charge >= 0.3 is 0 Å². The Morgan fingerprint density at radius 1 is 0.762 bits per heavy atom. The van der Waals surface area contributed by atoms with Crippen LogP contribution in [0.2, 0.25) is 0 Å². The lowest BCUT2D eigenvalue weighted by atomic mass is 9.45. The topological polar surface area (TPSA) is 0 Å². The fourth-order valence-corrected chi connectivity index (χ4v) is 8.07. The maximum atomic E-state index is 2.71. The van der Waals surface area contributed by atoms with Gasteiger partial charge in [0.2, 0.25) is 0 Å². The molecule has 4 rings (SSSR count). The monoisotopic (exact) mass is 288 g/mol. The van der Waals surface area contributed by atoms with Crippen LogP contribution in [0.15, 0.2) is 0 Å². The molecule has 0 nitrogen and oxygen atoms in total. The molecule has 21 heavy (non-hydrogen) atoms. The zero-order valence-electron chi connectivity index (χ0n) is 14.7. The Kier molecular flexibility index (Phi) is 3.47. The van der Waals surface area contributed by atoms with Crippen LogP contribution in [-0.2, 0) is 0 Å². The second kappa shape index (κ2) is 5.00. The van der Waals surface area contributed by atoms with Crippen molar-refractivity contribution in [3.05, 3.63) is 0 Å². The van der Waals surface area contributed by atoms with Crippen LogP contribution in [-0.4, -0.2) is 0 Å². The number of hydrogen-bond acceptors (Lipinski definition) is 0. The fraction of sp³-hybridized carbons (Fsp3) is 1.00. The Hall–Kier alpha value is 0. The molecule has 0 spiro atoms. The van der Waals surface area contributed by atoms with Gasteiger partial charge in [0.15, 0.2) is 0 Å². The Bertz CT molecular complexity index is 399. The van der Waals surface area contributed by atoms with Crippen LogP contribution in [0.1, 0.15) is 91.4 Å². The van der Waals surface area contributed by atoms with Crippen LogP contribution in [0.5, 0.6) is 0 Å². The highest BCUT2D eigenvalue weighted by atomic mass is 14.6. The van der Waals surface area contributed by atoms with Crippen molar-refractivity contribution in [2.24, 2.45) is 40.4 Å². The summed E-state index contributed by atoms with van der Waals surface area (Å²) in [6.45, 7) is 7.84. The molecule has 4 saturated carbocycles. The van der Waals surface area contributed by atoms with Gasteiger partial charge in [-0.25, -0.2) is 0 Å². The summed E-state index contributed by atoms with van der Waals surface area (Å²) in [5, 5.41) is 0. The van der Waals surface area contributed by atoms with Gasteiger partial charge in [-0.1, -0.05) is 40.0 Å². The highest BCUT2D eigenvalue weighted by molar-refractivity contribution is 5.08. The standard InChI is InChI=1S/C21H36/c1-4-15-9-11-18-17-10-8-16-7-5-6-13-20(16,2)19(17)12-14-21(15,18)3/h15-19H,4-14H2,1-3H3/t15-,16-,17?,18?,19?,20-,21+/m0/s1. The van der Waals surface area contributed by atoms with Gasteiger partial charge < -0.3 is 0 Å². The maximum Gasteiger partial charge on any atom is -0.0266 e. The summed E-state index contributed by atoms with van der Waals surface area (Å²) in [4.78, 5) is 0. The molecule has 0 aromatic heterocycles. The van der Waals surface area contributed by atoms with Crippen molar-refractivity contribution in [2.75, 3.05) is 0 Å². The summed E-state index contributed by atoms with van der Waals surface area (Å²) in [5.74, 6) is 5.39. The third-order valence-electron chi connectivity index (χ3n) is 9.27. The lowest BCUT2D eigenvalue weighted by molar-refractivity contribution is -0.110. The largest absolute Gasteiger partial charge is 0.0651 e. The van der Waals surface area contributed by atoms with Crippen molar-refractivity contribution in [3.8, 4) is 0 Å². The quantitative estimate of drug-likeness (QED) is 0.520. The molecule has 4 fully saturated rings. The zero-order chi connectivity index (χ0) is 14.7. The van der Waals surface area contributed by atoms with Gasteiger partial charge in [-0.3, -0.25) is 0 Å². The first-order valence-electron chi connectivity index (χ1n) is 10.1. The first-order valence-corrected chi connectivity index (χ1v) is 10.1. The predicted molar refractivity (Wildman–Crippen MR) is 90.1 cm³/mol. The van der Waals surface area contributed by atoms with Gasteiger partial charge in [-0.05, 0) is 91.8 Å². The molecule has 0 bridgehead atoms. The number of fused-ring (bicyclic) bond motifs is 5. The Balaban J connectivity index is 1.62. The third-order valence-corrected chi connectivity index (χ3v) is 9.27. The van der Waals surface area contributed by atoms with Crippen molar-refractivity contribution in [1.82, 2.24) is 0 Å². The van der Waals surface area contributed by atoms with Crippen molar-refractivity contribution in [3.63, 3.8) is 0 Å². The average molecular weight is 289 g/mol. The van der Waals surface area contributed by atoms with E-state index in [4.69, 9.17) is 0 Å². The van der Waals surface area contributed by atoms with E-state index in [-0.39, 0.29) is 0 Å². The van der Waals surface area contributed by atoms with E-state index in [2.05, 4.69) is 20.8 Å². The molecule has 4 aliphatic rings. The second-order valence-corrected chi connectivity index (χ2v) is 9.63. The van der Waals surface area contributed by atoms with Crippen LogP contribution in [0.4, 0.5) is 0 Å². The minimum absolute atomic E-state index is 0.716.